The third kappa shape index (κ3) is 4.48. The molecule has 0 aliphatic carbocycles. The molecule has 0 unspecified atom stereocenters. The van der Waals surface area contributed by atoms with Crippen molar-refractivity contribution in [1.82, 2.24) is 10.3 Å². The molecule has 6 nitrogen and oxygen atoms in total. The molecule has 1 saturated heterocycles. The molecule has 2 aliphatic heterocycles. The monoisotopic (exact) mass is 472 g/mol. The zero-order valence-corrected chi connectivity index (χ0v) is 19.6. The van der Waals surface area contributed by atoms with Crippen molar-refractivity contribution >= 4 is 34.3 Å². The Morgan fingerprint density at radius 2 is 1.94 bits per heavy atom. The van der Waals surface area contributed by atoms with Gasteiger partial charge in [0.1, 0.15) is 6.61 Å². The highest BCUT2D eigenvalue weighted by molar-refractivity contribution is 7.98. The largest absolute Gasteiger partial charge is 0.472 e. The van der Waals surface area contributed by atoms with E-state index in [1.165, 1.54) is 4.90 Å². The molecule has 0 saturated carbocycles. The zero-order valence-electron chi connectivity index (χ0n) is 18.1. The third-order valence-corrected chi connectivity index (χ3v) is 6.82. The lowest BCUT2D eigenvalue weighted by Crippen LogP contribution is -2.47. The van der Waals surface area contributed by atoms with Gasteiger partial charge < -0.3 is 24.3 Å². The number of fused-ring (bicyclic) bond motifs is 2. The van der Waals surface area contributed by atoms with E-state index < -0.39 is 0 Å². The topological polar surface area (TPSA) is 61.8 Å². The van der Waals surface area contributed by atoms with Gasteiger partial charge in [0.05, 0.1) is 23.8 Å². The smallest absolute Gasteiger partial charge is 0.231 e. The van der Waals surface area contributed by atoms with Crippen LogP contribution in [0, 0.1) is 5.41 Å². The number of hydrogen-bond donors (Lipinski definition) is 1. The van der Waals surface area contributed by atoms with Gasteiger partial charge in [0.2, 0.25) is 12.7 Å². The van der Waals surface area contributed by atoms with Gasteiger partial charge in [-0.05, 0) is 30.5 Å². The van der Waals surface area contributed by atoms with E-state index in [-0.39, 0.29) is 18.8 Å². The molecule has 3 heterocycles. The van der Waals surface area contributed by atoms with E-state index in [9.17, 15) is 0 Å². The first-order valence-corrected chi connectivity index (χ1v) is 12.1. The molecule has 32 heavy (non-hydrogen) atoms. The average molecular weight is 473 g/mol. The summed E-state index contributed by atoms with van der Waals surface area (Å²) in [5.74, 6) is 1.94. The average Bonchev–Trinajstić information content (AvgIpc) is 3.22. The number of pyridine rings is 1. The van der Waals surface area contributed by atoms with E-state index in [1.807, 2.05) is 6.07 Å². The van der Waals surface area contributed by atoms with Gasteiger partial charge in [0, 0.05) is 46.0 Å². The maximum Gasteiger partial charge on any atom is 0.231 e. The summed E-state index contributed by atoms with van der Waals surface area (Å²) in [5, 5.41) is 5.22. The minimum Gasteiger partial charge on any atom is -0.472 e. The molecule has 2 aromatic carbocycles. The standard InChI is InChI=1S/C24H25ClN2O4S/c1-24(12-28-13-24)11-26-9-16-5-15-3-4-18(32-2)7-20(15)27-23(16)29-10-17-6-21-22(8-19(17)25)31-14-30-21/h3-8,26H,9-14H2,1-2H3. The van der Waals surface area contributed by atoms with E-state index in [0.29, 0.717) is 28.9 Å². The van der Waals surface area contributed by atoms with Gasteiger partial charge in [-0.15, -0.1) is 11.8 Å². The third-order valence-electron chi connectivity index (χ3n) is 5.74. The highest BCUT2D eigenvalue weighted by Gasteiger charge is 2.32. The Hall–Kier alpha value is -2.19. The summed E-state index contributed by atoms with van der Waals surface area (Å²) in [5.41, 5.74) is 2.94. The van der Waals surface area contributed by atoms with Crippen molar-refractivity contribution in [2.75, 3.05) is 32.8 Å². The number of nitrogens with zero attached hydrogens (tertiary/aromatic N) is 1. The number of rotatable bonds is 8. The molecule has 0 amide bonds. The molecule has 0 spiro atoms. The van der Waals surface area contributed by atoms with Crippen molar-refractivity contribution in [3.8, 4) is 17.4 Å². The summed E-state index contributed by atoms with van der Waals surface area (Å²) in [4.78, 5) is 6.02. The molecule has 5 rings (SSSR count). The quantitative estimate of drug-likeness (QED) is 0.460. The molecular weight excluding hydrogens is 448 g/mol. The van der Waals surface area contributed by atoms with Crippen LogP contribution in [-0.2, 0) is 17.9 Å². The lowest BCUT2D eigenvalue weighted by atomic mass is 9.89. The Kier molecular flexibility index (Phi) is 6.07. The second-order valence-corrected chi connectivity index (χ2v) is 9.79. The van der Waals surface area contributed by atoms with Crippen LogP contribution in [0.25, 0.3) is 10.9 Å². The second kappa shape index (κ2) is 8.98. The molecule has 1 N–H and O–H groups in total. The minimum absolute atomic E-state index is 0.193. The van der Waals surface area contributed by atoms with Crippen LogP contribution in [0.15, 0.2) is 41.3 Å². The Balaban J connectivity index is 1.39. The van der Waals surface area contributed by atoms with Crippen LogP contribution in [0.3, 0.4) is 0 Å². The van der Waals surface area contributed by atoms with Crippen LogP contribution in [0.2, 0.25) is 5.02 Å². The number of halogens is 1. The Labute approximate surface area is 196 Å². The Bertz CT molecular complexity index is 1150. The van der Waals surface area contributed by atoms with Crippen molar-refractivity contribution < 1.29 is 18.9 Å². The maximum atomic E-state index is 6.44. The normalized spacial score (nSPS) is 16.2. The summed E-state index contributed by atoms with van der Waals surface area (Å²) in [6.07, 6.45) is 2.06. The van der Waals surface area contributed by atoms with Crippen LogP contribution >= 0.6 is 23.4 Å². The van der Waals surface area contributed by atoms with Gasteiger partial charge in [-0.2, -0.15) is 0 Å². The summed E-state index contributed by atoms with van der Waals surface area (Å²) in [6, 6.07) is 12.1. The molecule has 168 valence electrons. The molecular formula is C24H25ClN2O4S. The Morgan fingerprint density at radius 1 is 1.12 bits per heavy atom. The number of benzene rings is 2. The van der Waals surface area contributed by atoms with Crippen LogP contribution in [-0.4, -0.2) is 37.8 Å². The molecule has 2 aliphatic rings. The number of thioether (sulfide) groups is 1. The predicted octanol–water partition coefficient (Wildman–Crippen LogP) is 5.04. The molecule has 8 heteroatoms. The predicted molar refractivity (Wildman–Crippen MR) is 126 cm³/mol. The van der Waals surface area contributed by atoms with E-state index in [1.54, 1.807) is 17.8 Å². The number of ether oxygens (including phenoxy) is 4. The molecule has 1 fully saturated rings. The SMILES string of the molecule is CSc1ccc2cc(CNCC3(C)COC3)c(OCc3cc4c(cc3Cl)OCO4)nc2c1. The summed E-state index contributed by atoms with van der Waals surface area (Å²) in [6.45, 7) is 5.84. The minimum atomic E-state index is 0.193. The lowest BCUT2D eigenvalue weighted by Gasteiger charge is -2.38. The van der Waals surface area contributed by atoms with Gasteiger partial charge in [-0.1, -0.05) is 24.6 Å². The van der Waals surface area contributed by atoms with E-state index in [2.05, 4.69) is 42.8 Å². The Morgan fingerprint density at radius 3 is 2.69 bits per heavy atom. The van der Waals surface area contributed by atoms with Crippen LogP contribution in [0.4, 0.5) is 0 Å². The van der Waals surface area contributed by atoms with Crippen LogP contribution in [0.5, 0.6) is 17.4 Å². The maximum absolute atomic E-state index is 6.44. The summed E-state index contributed by atoms with van der Waals surface area (Å²) >= 11 is 8.14. The van der Waals surface area contributed by atoms with Crippen molar-refractivity contribution in [2.45, 2.75) is 25.0 Å². The van der Waals surface area contributed by atoms with Gasteiger partial charge in [-0.25, -0.2) is 4.98 Å². The number of hydrogen-bond acceptors (Lipinski definition) is 7. The van der Waals surface area contributed by atoms with Gasteiger partial charge in [-0.3, -0.25) is 0 Å². The highest BCUT2D eigenvalue weighted by atomic mass is 35.5. The van der Waals surface area contributed by atoms with Crippen molar-refractivity contribution in [2.24, 2.45) is 5.41 Å². The van der Waals surface area contributed by atoms with Gasteiger partial charge in [0.15, 0.2) is 11.5 Å². The lowest BCUT2D eigenvalue weighted by molar-refractivity contribution is -0.0991. The first kappa shape index (κ1) is 21.6. The van der Waals surface area contributed by atoms with Crippen molar-refractivity contribution in [1.29, 1.82) is 0 Å². The molecule has 3 aromatic rings. The fourth-order valence-electron chi connectivity index (χ4n) is 3.82. The van der Waals surface area contributed by atoms with Crippen LogP contribution < -0.4 is 19.5 Å². The molecule has 0 radical (unpaired) electrons. The van der Waals surface area contributed by atoms with Gasteiger partial charge in [0.25, 0.3) is 0 Å². The van der Waals surface area contributed by atoms with Crippen LogP contribution in [0.1, 0.15) is 18.1 Å². The summed E-state index contributed by atoms with van der Waals surface area (Å²) < 4.78 is 22.4. The van der Waals surface area contributed by atoms with Crippen molar-refractivity contribution in [3.05, 3.63) is 52.5 Å². The first-order valence-electron chi connectivity index (χ1n) is 10.5. The fourth-order valence-corrected chi connectivity index (χ4v) is 4.46. The molecule has 0 atom stereocenters. The van der Waals surface area contributed by atoms with E-state index >= 15 is 0 Å². The van der Waals surface area contributed by atoms with Gasteiger partial charge >= 0.3 is 0 Å². The zero-order chi connectivity index (χ0) is 22.1. The van der Waals surface area contributed by atoms with E-state index in [0.717, 1.165) is 41.8 Å². The number of aromatic nitrogens is 1. The summed E-state index contributed by atoms with van der Waals surface area (Å²) in [7, 11) is 0. The molecule has 0 bridgehead atoms. The fraction of sp³-hybridized carbons (Fsp3) is 0.375. The second-order valence-electron chi connectivity index (χ2n) is 8.50. The number of nitrogens with one attached hydrogen (secondary N) is 1. The first-order chi connectivity index (χ1) is 15.5. The highest BCUT2D eigenvalue weighted by Crippen LogP contribution is 2.37. The molecule has 1 aromatic heterocycles. The van der Waals surface area contributed by atoms with Crippen molar-refractivity contribution in [3.63, 3.8) is 0 Å². The van der Waals surface area contributed by atoms with E-state index in [4.69, 9.17) is 35.5 Å².